The molecule has 4 nitrogen and oxygen atoms in total. The lowest BCUT2D eigenvalue weighted by Crippen LogP contribution is -2.27. The maximum Gasteiger partial charge on any atom is 0.269 e. The second-order valence-corrected chi connectivity index (χ2v) is 3.91. The van der Waals surface area contributed by atoms with Crippen molar-refractivity contribution in [3.05, 3.63) is 18.0 Å². The fraction of sp³-hybridized carbons (Fsp3) is 0.556. The van der Waals surface area contributed by atoms with Gasteiger partial charge in [0.15, 0.2) is 0 Å². The average Bonchev–Trinajstić information content (AvgIpc) is 2.50. The second-order valence-electron chi connectivity index (χ2n) is 3.17. The van der Waals surface area contributed by atoms with Crippen LogP contribution in [0.5, 0.6) is 0 Å². The number of aromatic nitrogens is 2. The third-order valence-electron chi connectivity index (χ3n) is 1.88. The molecule has 14 heavy (non-hydrogen) atoms. The zero-order chi connectivity index (χ0) is 10.6. The van der Waals surface area contributed by atoms with Crippen molar-refractivity contribution in [1.82, 2.24) is 15.1 Å². The summed E-state index contributed by atoms with van der Waals surface area (Å²) in [5.74, 6) is -0.109. The first kappa shape index (κ1) is 11.0. The number of rotatable bonds is 4. The Morgan fingerprint density at radius 3 is 3.00 bits per heavy atom. The first-order valence-electron chi connectivity index (χ1n) is 4.51. The van der Waals surface area contributed by atoms with Gasteiger partial charge in [0.05, 0.1) is 0 Å². The molecule has 0 aliphatic carbocycles. The largest absolute Gasteiger partial charge is 0.351 e. The SMILES string of the molecule is CC(Cl)CCNC(=O)c1ccnn1C. The Bertz CT molecular complexity index is 309. The van der Waals surface area contributed by atoms with Gasteiger partial charge in [-0.3, -0.25) is 9.48 Å². The highest BCUT2D eigenvalue weighted by atomic mass is 35.5. The molecule has 0 radical (unpaired) electrons. The lowest BCUT2D eigenvalue weighted by atomic mass is 10.3. The fourth-order valence-electron chi connectivity index (χ4n) is 1.07. The number of hydrogen-bond donors (Lipinski definition) is 1. The van der Waals surface area contributed by atoms with Crippen molar-refractivity contribution < 1.29 is 4.79 Å². The second kappa shape index (κ2) is 5.00. The van der Waals surface area contributed by atoms with Crippen molar-refractivity contribution in [1.29, 1.82) is 0 Å². The zero-order valence-electron chi connectivity index (χ0n) is 8.33. The molecule has 1 rings (SSSR count). The van der Waals surface area contributed by atoms with Crippen molar-refractivity contribution in [3.63, 3.8) is 0 Å². The molecule has 1 aromatic heterocycles. The van der Waals surface area contributed by atoms with E-state index in [4.69, 9.17) is 11.6 Å². The minimum atomic E-state index is -0.109. The Balaban J connectivity index is 2.40. The first-order valence-corrected chi connectivity index (χ1v) is 4.95. The first-order chi connectivity index (χ1) is 6.61. The summed E-state index contributed by atoms with van der Waals surface area (Å²) in [5.41, 5.74) is 0.562. The van der Waals surface area contributed by atoms with Crippen LogP contribution in [0.2, 0.25) is 0 Å². The Morgan fingerprint density at radius 1 is 1.79 bits per heavy atom. The van der Waals surface area contributed by atoms with Crippen molar-refractivity contribution in [2.45, 2.75) is 18.7 Å². The molecule has 78 valence electrons. The minimum Gasteiger partial charge on any atom is -0.351 e. The molecular weight excluding hydrogens is 202 g/mol. The van der Waals surface area contributed by atoms with Gasteiger partial charge in [-0.2, -0.15) is 5.10 Å². The summed E-state index contributed by atoms with van der Waals surface area (Å²) in [5, 5.41) is 6.77. The van der Waals surface area contributed by atoms with Crippen LogP contribution in [0.4, 0.5) is 0 Å². The molecule has 1 amide bonds. The highest BCUT2D eigenvalue weighted by Gasteiger charge is 2.08. The Morgan fingerprint density at radius 2 is 2.50 bits per heavy atom. The van der Waals surface area contributed by atoms with E-state index >= 15 is 0 Å². The van der Waals surface area contributed by atoms with Gasteiger partial charge in [0.2, 0.25) is 0 Å². The van der Waals surface area contributed by atoms with Crippen LogP contribution in [0.3, 0.4) is 0 Å². The smallest absolute Gasteiger partial charge is 0.269 e. The molecule has 0 spiro atoms. The molecule has 1 atom stereocenters. The van der Waals surface area contributed by atoms with Gasteiger partial charge >= 0.3 is 0 Å². The van der Waals surface area contributed by atoms with Crippen LogP contribution in [0.15, 0.2) is 12.3 Å². The average molecular weight is 216 g/mol. The third-order valence-corrected chi connectivity index (χ3v) is 2.10. The third kappa shape index (κ3) is 3.03. The number of alkyl halides is 1. The molecule has 1 N–H and O–H groups in total. The molecule has 0 aromatic carbocycles. The summed E-state index contributed by atoms with van der Waals surface area (Å²) in [6.07, 6.45) is 2.37. The molecular formula is C9H14ClN3O. The monoisotopic (exact) mass is 215 g/mol. The minimum absolute atomic E-state index is 0.0850. The summed E-state index contributed by atoms with van der Waals surface area (Å²) in [6.45, 7) is 2.49. The van der Waals surface area contributed by atoms with Crippen molar-refractivity contribution >= 4 is 17.5 Å². The lowest BCUT2D eigenvalue weighted by molar-refractivity contribution is 0.0944. The van der Waals surface area contributed by atoms with E-state index in [1.54, 1.807) is 24.0 Å². The number of hydrogen-bond acceptors (Lipinski definition) is 2. The van der Waals surface area contributed by atoms with Crippen LogP contribution >= 0.6 is 11.6 Å². The van der Waals surface area contributed by atoms with E-state index in [-0.39, 0.29) is 11.3 Å². The summed E-state index contributed by atoms with van der Waals surface area (Å²) >= 11 is 5.75. The summed E-state index contributed by atoms with van der Waals surface area (Å²) in [6, 6.07) is 1.68. The van der Waals surface area contributed by atoms with Crippen LogP contribution in [-0.4, -0.2) is 27.6 Å². The highest BCUT2D eigenvalue weighted by molar-refractivity contribution is 6.20. The number of carbonyl (C=O) groups excluding carboxylic acids is 1. The predicted octanol–water partition coefficient (Wildman–Crippen LogP) is 1.17. The van der Waals surface area contributed by atoms with Crippen molar-refractivity contribution in [2.75, 3.05) is 6.54 Å². The highest BCUT2D eigenvalue weighted by Crippen LogP contribution is 1.99. The zero-order valence-corrected chi connectivity index (χ0v) is 9.08. The van der Waals surface area contributed by atoms with Crippen molar-refractivity contribution in [2.24, 2.45) is 7.05 Å². The lowest BCUT2D eigenvalue weighted by Gasteiger charge is -2.05. The van der Waals surface area contributed by atoms with Gasteiger partial charge in [0, 0.05) is 25.2 Å². The maximum atomic E-state index is 11.5. The van der Waals surface area contributed by atoms with Gasteiger partial charge in [-0.05, 0) is 19.4 Å². The van der Waals surface area contributed by atoms with E-state index < -0.39 is 0 Å². The quantitative estimate of drug-likeness (QED) is 0.767. The molecule has 0 fully saturated rings. The molecule has 0 saturated carbocycles. The van der Waals surface area contributed by atoms with Gasteiger partial charge in [-0.15, -0.1) is 11.6 Å². The predicted molar refractivity (Wildman–Crippen MR) is 55.5 cm³/mol. The molecule has 1 unspecified atom stereocenters. The van der Waals surface area contributed by atoms with Crippen LogP contribution < -0.4 is 5.32 Å². The molecule has 1 heterocycles. The molecule has 0 saturated heterocycles. The normalized spacial score (nSPS) is 12.5. The maximum absolute atomic E-state index is 11.5. The Labute approximate surface area is 88.2 Å². The van der Waals surface area contributed by atoms with Crippen molar-refractivity contribution in [3.8, 4) is 0 Å². The number of halogens is 1. The van der Waals surface area contributed by atoms with E-state index in [0.717, 1.165) is 6.42 Å². The van der Waals surface area contributed by atoms with Gasteiger partial charge in [0.25, 0.3) is 5.91 Å². The fourth-order valence-corrected chi connectivity index (χ4v) is 1.18. The van der Waals surface area contributed by atoms with Gasteiger partial charge in [-0.1, -0.05) is 0 Å². The van der Waals surface area contributed by atoms with Crippen LogP contribution in [0.25, 0.3) is 0 Å². The van der Waals surface area contributed by atoms with E-state index in [0.29, 0.717) is 12.2 Å². The molecule has 0 aliphatic rings. The topological polar surface area (TPSA) is 46.9 Å². The van der Waals surface area contributed by atoms with E-state index in [9.17, 15) is 4.79 Å². The molecule has 0 aliphatic heterocycles. The number of carbonyl (C=O) groups is 1. The van der Waals surface area contributed by atoms with Gasteiger partial charge in [0.1, 0.15) is 5.69 Å². The van der Waals surface area contributed by atoms with E-state index in [1.807, 2.05) is 6.92 Å². The van der Waals surface area contributed by atoms with E-state index in [1.165, 1.54) is 0 Å². The van der Waals surface area contributed by atoms with E-state index in [2.05, 4.69) is 10.4 Å². The van der Waals surface area contributed by atoms with Gasteiger partial charge in [-0.25, -0.2) is 0 Å². The number of nitrogens with one attached hydrogen (secondary N) is 1. The standard InChI is InChI=1S/C9H14ClN3O/c1-7(10)3-5-11-9(14)8-4-6-12-13(8)2/h4,6-7H,3,5H2,1-2H3,(H,11,14). The number of aryl methyl sites for hydroxylation is 1. The molecule has 5 heteroatoms. The van der Waals surface area contributed by atoms with Gasteiger partial charge < -0.3 is 5.32 Å². The van der Waals surface area contributed by atoms with Crippen LogP contribution in [-0.2, 0) is 7.05 Å². The summed E-state index contributed by atoms with van der Waals surface area (Å²) in [4.78, 5) is 11.5. The Hall–Kier alpha value is -1.03. The van der Waals surface area contributed by atoms with Crippen LogP contribution in [0.1, 0.15) is 23.8 Å². The summed E-state index contributed by atoms with van der Waals surface area (Å²) in [7, 11) is 1.74. The Kier molecular flexibility index (Phi) is 3.95. The summed E-state index contributed by atoms with van der Waals surface area (Å²) < 4.78 is 1.54. The molecule has 1 aromatic rings. The number of amides is 1. The van der Waals surface area contributed by atoms with Crippen LogP contribution in [0, 0.1) is 0 Å². The number of nitrogens with zero attached hydrogens (tertiary/aromatic N) is 2. The molecule has 0 bridgehead atoms.